The number of aromatic nitrogens is 2. The fraction of sp³-hybridized carbons (Fsp3) is 0.333. The van der Waals surface area contributed by atoms with Gasteiger partial charge in [0.05, 0.1) is 17.2 Å². The summed E-state index contributed by atoms with van der Waals surface area (Å²) in [6.45, 7) is 4.88. The molecule has 90 valence electrons. The lowest BCUT2D eigenvalue weighted by Gasteiger charge is -2.19. The highest BCUT2D eigenvalue weighted by Gasteiger charge is 2.08. The van der Waals surface area contributed by atoms with Crippen LogP contribution in [0.4, 0.5) is 5.82 Å². The molecule has 0 aliphatic carbocycles. The molecule has 2 heterocycles. The minimum Gasteiger partial charge on any atom is -0.354 e. The van der Waals surface area contributed by atoms with Crippen LogP contribution in [-0.4, -0.2) is 17.0 Å². The van der Waals surface area contributed by atoms with Crippen LogP contribution in [0.25, 0.3) is 0 Å². The van der Waals surface area contributed by atoms with Crippen molar-refractivity contribution >= 4 is 33.1 Å². The van der Waals surface area contributed by atoms with Crippen molar-refractivity contribution in [3.05, 3.63) is 38.4 Å². The molecule has 0 bridgehead atoms. The number of nitrogens with zero attached hydrogens (tertiary/aromatic N) is 3. The summed E-state index contributed by atoms with van der Waals surface area (Å²) in [5.41, 5.74) is 2.26. The SMILES string of the molecule is Cc1nc(CN(C)c2ncc(Br)cc2C)cs1. The first-order chi connectivity index (χ1) is 8.06. The Kier molecular flexibility index (Phi) is 3.79. The van der Waals surface area contributed by atoms with Crippen LogP contribution in [0.2, 0.25) is 0 Å². The van der Waals surface area contributed by atoms with Crippen molar-refractivity contribution in [2.45, 2.75) is 20.4 Å². The van der Waals surface area contributed by atoms with Crippen LogP contribution in [0.5, 0.6) is 0 Å². The van der Waals surface area contributed by atoms with Gasteiger partial charge in [-0.25, -0.2) is 9.97 Å². The molecule has 0 saturated carbocycles. The Morgan fingerprint density at radius 1 is 1.41 bits per heavy atom. The zero-order chi connectivity index (χ0) is 12.4. The van der Waals surface area contributed by atoms with Crippen LogP contribution in [0.1, 0.15) is 16.3 Å². The van der Waals surface area contributed by atoms with E-state index < -0.39 is 0 Å². The molecule has 2 aromatic heterocycles. The second-order valence-corrected chi connectivity index (χ2v) is 5.99. The molecule has 0 aliphatic heterocycles. The van der Waals surface area contributed by atoms with Gasteiger partial charge in [-0.2, -0.15) is 0 Å². The van der Waals surface area contributed by atoms with E-state index in [2.05, 4.69) is 49.2 Å². The summed E-state index contributed by atoms with van der Waals surface area (Å²) < 4.78 is 1.01. The molecule has 0 radical (unpaired) electrons. The van der Waals surface area contributed by atoms with E-state index in [9.17, 15) is 0 Å². The standard InChI is InChI=1S/C12H14BrN3S/c1-8-4-10(13)5-14-12(8)16(3)6-11-7-17-9(2)15-11/h4-5,7H,6H2,1-3H3. The largest absolute Gasteiger partial charge is 0.354 e. The van der Waals surface area contributed by atoms with Crippen molar-refractivity contribution < 1.29 is 0 Å². The smallest absolute Gasteiger partial charge is 0.131 e. The van der Waals surface area contributed by atoms with Crippen molar-refractivity contribution in [1.82, 2.24) is 9.97 Å². The average Bonchev–Trinajstić information content (AvgIpc) is 2.63. The molecule has 0 spiro atoms. The molecule has 0 N–H and O–H groups in total. The monoisotopic (exact) mass is 311 g/mol. The molecule has 0 unspecified atom stereocenters. The molecule has 0 amide bonds. The first-order valence-electron chi connectivity index (χ1n) is 5.30. The van der Waals surface area contributed by atoms with Gasteiger partial charge >= 0.3 is 0 Å². The van der Waals surface area contributed by atoms with Gasteiger partial charge in [0.1, 0.15) is 5.82 Å². The predicted molar refractivity (Wildman–Crippen MR) is 75.6 cm³/mol. The first-order valence-corrected chi connectivity index (χ1v) is 6.98. The summed E-state index contributed by atoms with van der Waals surface area (Å²) in [5.74, 6) is 0.999. The quantitative estimate of drug-likeness (QED) is 0.868. The highest BCUT2D eigenvalue weighted by atomic mass is 79.9. The second-order valence-electron chi connectivity index (χ2n) is 4.01. The van der Waals surface area contributed by atoms with E-state index in [1.807, 2.05) is 20.2 Å². The van der Waals surface area contributed by atoms with Crippen LogP contribution >= 0.6 is 27.3 Å². The molecule has 2 aromatic rings. The molecule has 5 heteroatoms. The number of aryl methyl sites for hydroxylation is 2. The molecular weight excluding hydrogens is 298 g/mol. The van der Waals surface area contributed by atoms with Gasteiger partial charge in [-0.3, -0.25) is 0 Å². The Balaban J connectivity index is 2.17. The highest BCUT2D eigenvalue weighted by Crippen LogP contribution is 2.21. The van der Waals surface area contributed by atoms with Crippen LogP contribution in [0, 0.1) is 13.8 Å². The number of hydrogen-bond acceptors (Lipinski definition) is 4. The molecule has 2 rings (SSSR count). The zero-order valence-electron chi connectivity index (χ0n) is 10.1. The number of thiazole rings is 1. The van der Waals surface area contributed by atoms with Crippen molar-refractivity contribution in [2.24, 2.45) is 0 Å². The van der Waals surface area contributed by atoms with Gasteiger partial charge in [-0.05, 0) is 41.4 Å². The van der Waals surface area contributed by atoms with E-state index in [0.29, 0.717) is 0 Å². The minimum atomic E-state index is 0.791. The third kappa shape index (κ3) is 3.04. The van der Waals surface area contributed by atoms with E-state index in [0.717, 1.165) is 33.1 Å². The number of pyridine rings is 1. The number of anilines is 1. The van der Waals surface area contributed by atoms with E-state index in [-0.39, 0.29) is 0 Å². The second kappa shape index (κ2) is 5.14. The average molecular weight is 312 g/mol. The highest BCUT2D eigenvalue weighted by molar-refractivity contribution is 9.10. The number of hydrogen-bond donors (Lipinski definition) is 0. The van der Waals surface area contributed by atoms with E-state index in [1.165, 1.54) is 0 Å². The maximum atomic E-state index is 4.46. The van der Waals surface area contributed by atoms with Gasteiger partial charge in [-0.15, -0.1) is 11.3 Å². The maximum absolute atomic E-state index is 4.46. The van der Waals surface area contributed by atoms with Crippen molar-refractivity contribution in [1.29, 1.82) is 0 Å². The van der Waals surface area contributed by atoms with Gasteiger partial charge in [0.15, 0.2) is 0 Å². The third-order valence-electron chi connectivity index (χ3n) is 2.44. The fourth-order valence-electron chi connectivity index (χ4n) is 1.73. The predicted octanol–water partition coefficient (Wildman–Crippen LogP) is 3.55. The fourth-order valence-corrected chi connectivity index (χ4v) is 2.78. The molecule has 3 nitrogen and oxygen atoms in total. The van der Waals surface area contributed by atoms with Crippen molar-refractivity contribution in [3.8, 4) is 0 Å². The Labute approximate surface area is 114 Å². The van der Waals surface area contributed by atoms with Gasteiger partial charge in [0.25, 0.3) is 0 Å². The molecule has 0 saturated heterocycles. The number of rotatable bonds is 3. The summed E-state index contributed by atoms with van der Waals surface area (Å²) in [6.07, 6.45) is 1.82. The zero-order valence-corrected chi connectivity index (χ0v) is 12.5. The minimum absolute atomic E-state index is 0.791. The Hall–Kier alpha value is -0.940. The summed E-state index contributed by atoms with van der Waals surface area (Å²) in [4.78, 5) is 11.0. The van der Waals surface area contributed by atoms with Crippen LogP contribution < -0.4 is 4.90 Å². The van der Waals surface area contributed by atoms with E-state index >= 15 is 0 Å². The molecule has 0 atom stereocenters. The Morgan fingerprint density at radius 2 is 2.18 bits per heavy atom. The van der Waals surface area contributed by atoms with E-state index in [1.54, 1.807) is 11.3 Å². The lowest BCUT2D eigenvalue weighted by molar-refractivity contribution is 0.864. The van der Waals surface area contributed by atoms with Gasteiger partial charge in [0.2, 0.25) is 0 Å². The number of halogens is 1. The van der Waals surface area contributed by atoms with Crippen molar-refractivity contribution in [3.63, 3.8) is 0 Å². The van der Waals surface area contributed by atoms with Crippen LogP contribution in [0.3, 0.4) is 0 Å². The summed E-state index contributed by atoms with van der Waals surface area (Å²) >= 11 is 5.11. The topological polar surface area (TPSA) is 29.0 Å². The van der Waals surface area contributed by atoms with Crippen molar-refractivity contribution in [2.75, 3.05) is 11.9 Å². The molecule has 0 aromatic carbocycles. The molecule has 0 fully saturated rings. The first kappa shape index (κ1) is 12.5. The summed E-state index contributed by atoms with van der Waals surface area (Å²) in [6, 6.07) is 2.07. The van der Waals surface area contributed by atoms with Gasteiger partial charge in [0, 0.05) is 23.1 Å². The van der Waals surface area contributed by atoms with E-state index in [4.69, 9.17) is 0 Å². The normalized spacial score (nSPS) is 10.6. The van der Waals surface area contributed by atoms with Gasteiger partial charge < -0.3 is 4.90 Å². The molecular formula is C12H14BrN3S. The van der Waals surface area contributed by atoms with Crippen LogP contribution in [0.15, 0.2) is 22.1 Å². The van der Waals surface area contributed by atoms with Crippen LogP contribution in [-0.2, 0) is 6.54 Å². The molecule has 17 heavy (non-hydrogen) atoms. The summed E-state index contributed by atoms with van der Waals surface area (Å²) in [7, 11) is 2.04. The lowest BCUT2D eigenvalue weighted by Crippen LogP contribution is -2.19. The maximum Gasteiger partial charge on any atom is 0.131 e. The Morgan fingerprint density at radius 3 is 2.76 bits per heavy atom. The molecule has 0 aliphatic rings. The summed E-state index contributed by atoms with van der Waals surface area (Å²) in [5, 5.41) is 3.20. The van der Waals surface area contributed by atoms with Gasteiger partial charge in [-0.1, -0.05) is 0 Å². The lowest BCUT2D eigenvalue weighted by atomic mass is 10.2. The Bertz CT molecular complexity index is 524. The third-order valence-corrected chi connectivity index (χ3v) is 3.70.